The lowest BCUT2D eigenvalue weighted by atomic mass is 9.95. The van der Waals surface area contributed by atoms with E-state index in [1.807, 2.05) is 20.8 Å². The summed E-state index contributed by atoms with van der Waals surface area (Å²) in [5.74, 6) is -3.35. The predicted octanol–water partition coefficient (Wildman–Crippen LogP) is 1.45. The fraction of sp³-hybridized carbons (Fsp3) is 0.750. The lowest BCUT2D eigenvalue weighted by Crippen LogP contribution is -2.60. The van der Waals surface area contributed by atoms with E-state index in [1.165, 1.54) is 42.8 Å². The van der Waals surface area contributed by atoms with Crippen molar-refractivity contribution in [2.75, 3.05) is 34.3 Å². The minimum atomic E-state index is -1.06. The summed E-state index contributed by atoms with van der Waals surface area (Å²) >= 11 is 0. The molecule has 4 N–H and O–H groups in total. The van der Waals surface area contributed by atoms with Crippen LogP contribution in [0.2, 0.25) is 0 Å². The molecule has 258 valence electrons. The van der Waals surface area contributed by atoms with Gasteiger partial charge in [0.05, 0.1) is 18.8 Å². The third-order valence-corrected chi connectivity index (χ3v) is 7.53. The first-order valence-electron chi connectivity index (χ1n) is 15.6. The van der Waals surface area contributed by atoms with Gasteiger partial charge in [-0.2, -0.15) is 0 Å². The summed E-state index contributed by atoms with van der Waals surface area (Å²) in [5, 5.41) is 5.39. The number of ether oxygens (including phenoxy) is 1. The van der Waals surface area contributed by atoms with E-state index >= 15 is 0 Å². The van der Waals surface area contributed by atoms with Crippen molar-refractivity contribution in [3.05, 3.63) is 12.7 Å². The van der Waals surface area contributed by atoms with Gasteiger partial charge < -0.3 is 35.8 Å². The van der Waals surface area contributed by atoms with E-state index in [9.17, 15) is 28.8 Å². The molecular formula is C32H58N6O7. The summed E-state index contributed by atoms with van der Waals surface area (Å²) < 4.78 is 5.87. The first kappa shape index (κ1) is 41.5. The molecule has 0 aromatic rings. The van der Waals surface area contributed by atoms with Gasteiger partial charge in [-0.3, -0.25) is 28.8 Å². The zero-order chi connectivity index (χ0) is 35.2. The van der Waals surface area contributed by atoms with Crippen LogP contribution < -0.4 is 16.4 Å². The molecule has 13 heteroatoms. The van der Waals surface area contributed by atoms with Crippen LogP contribution in [0.5, 0.6) is 0 Å². The largest absolute Gasteiger partial charge is 0.371 e. The fourth-order valence-corrected chi connectivity index (χ4v) is 4.60. The van der Waals surface area contributed by atoms with E-state index in [-0.39, 0.29) is 37.3 Å². The molecule has 0 bridgehead atoms. The van der Waals surface area contributed by atoms with Crippen LogP contribution in [-0.4, -0.2) is 114 Å². The van der Waals surface area contributed by atoms with Gasteiger partial charge in [-0.15, -0.1) is 6.58 Å². The normalized spacial score (nSPS) is 14.2. The summed E-state index contributed by atoms with van der Waals surface area (Å²) in [7, 11) is 4.50. The molecule has 0 saturated carbocycles. The van der Waals surface area contributed by atoms with Crippen LogP contribution in [0, 0.1) is 11.8 Å². The van der Waals surface area contributed by atoms with E-state index < -0.39 is 59.3 Å². The van der Waals surface area contributed by atoms with Crippen molar-refractivity contribution >= 4 is 35.4 Å². The second kappa shape index (κ2) is 19.1. The Balaban J connectivity index is 6.33. The molecular weight excluding hydrogens is 580 g/mol. The third kappa shape index (κ3) is 14.0. The van der Waals surface area contributed by atoms with E-state index in [1.54, 1.807) is 33.8 Å². The zero-order valence-electron chi connectivity index (χ0n) is 29.3. The number of rotatable bonds is 20. The second-order valence-corrected chi connectivity index (χ2v) is 13.0. The highest BCUT2D eigenvalue weighted by Crippen LogP contribution is 2.22. The van der Waals surface area contributed by atoms with Crippen LogP contribution in [0.15, 0.2) is 12.7 Å². The highest BCUT2D eigenvalue weighted by Gasteiger charge is 2.39. The summed E-state index contributed by atoms with van der Waals surface area (Å²) in [6, 6.07) is -3.97. The molecule has 0 aliphatic heterocycles. The van der Waals surface area contributed by atoms with Gasteiger partial charge in [0.25, 0.3) is 0 Å². The van der Waals surface area contributed by atoms with Crippen LogP contribution in [0.4, 0.5) is 0 Å². The minimum absolute atomic E-state index is 0.0242. The number of carbonyl (C=O) groups is 6. The Morgan fingerprint density at radius 1 is 0.889 bits per heavy atom. The van der Waals surface area contributed by atoms with Crippen molar-refractivity contribution in [3.8, 4) is 0 Å². The predicted molar refractivity (Wildman–Crippen MR) is 174 cm³/mol. The number of likely N-dealkylation sites (N-methyl/N-ethyl adjacent to an activating group) is 3. The molecule has 0 aromatic carbocycles. The molecule has 6 amide bonds. The van der Waals surface area contributed by atoms with E-state index in [4.69, 9.17) is 10.5 Å². The Labute approximate surface area is 269 Å². The molecule has 0 fully saturated rings. The van der Waals surface area contributed by atoms with Gasteiger partial charge in [0.2, 0.25) is 35.4 Å². The standard InChI is InChI=1S/C32H58N6O7/c1-13-15-25(39)36(10)19-26(40)37(11)24(18-32(8,9)45-16-14-2)30(43)35-27(21(5)6)31(44)38(12)23(17-20(3)4)29(42)34-22(7)28(33)41/h14,20-24,27H,2,13,15-19H2,1,3-12H3,(H2,33,41)(H,34,42)(H,35,43)/t22-,23+,24+,27+/m1/s1. The van der Waals surface area contributed by atoms with Gasteiger partial charge in [0.15, 0.2) is 0 Å². The van der Waals surface area contributed by atoms with Crippen LogP contribution in [-0.2, 0) is 33.5 Å². The maximum atomic E-state index is 13.9. The molecule has 4 atom stereocenters. The van der Waals surface area contributed by atoms with Crippen molar-refractivity contribution in [3.63, 3.8) is 0 Å². The zero-order valence-corrected chi connectivity index (χ0v) is 29.3. The van der Waals surface area contributed by atoms with Crippen molar-refractivity contribution in [1.29, 1.82) is 0 Å². The average molecular weight is 639 g/mol. The summed E-state index contributed by atoms with van der Waals surface area (Å²) in [4.78, 5) is 82.1. The number of amides is 6. The maximum absolute atomic E-state index is 13.9. The molecule has 0 rings (SSSR count). The summed E-state index contributed by atoms with van der Waals surface area (Å²) in [5.41, 5.74) is 4.46. The Morgan fingerprint density at radius 3 is 1.91 bits per heavy atom. The van der Waals surface area contributed by atoms with Crippen molar-refractivity contribution in [2.24, 2.45) is 17.6 Å². The highest BCUT2D eigenvalue weighted by molar-refractivity contribution is 5.95. The lowest BCUT2D eigenvalue weighted by Gasteiger charge is -2.37. The van der Waals surface area contributed by atoms with Crippen LogP contribution in [0.3, 0.4) is 0 Å². The van der Waals surface area contributed by atoms with E-state index in [2.05, 4.69) is 17.2 Å². The molecule has 0 aromatic heterocycles. The minimum Gasteiger partial charge on any atom is -0.371 e. The molecule has 45 heavy (non-hydrogen) atoms. The molecule has 0 radical (unpaired) electrons. The van der Waals surface area contributed by atoms with Gasteiger partial charge in [0, 0.05) is 34.0 Å². The van der Waals surface area contributed by atoms with E-state index in [0.29, 0.717) is 19.3 Å². The van der Waals surface area contributed by atoms with Gasteiger partial charge in [-0.25, -0.2) is 0 Å². The molecule has 13 nitrogen and oxygen atoms in total. The summed E-state index contributed by atoms with van der Waals surface area (Å²) in [6.45, 7) is 17.9. The SMILES string of the molecule is C=CCOC(C)(C)C[C@@H](C(=O)N[C@H](C(=O)N(C)[C@@H](CC(C)C)C(=O)N[C@H](C)C(N)=O)C(C)C)N(C)C(=O)CN(C)C(=O)CCC. The topological polar surface area (TPSA) is 171 Å². The number of nitrogens with one attached hydrogen (secondary N) is 2. The monoisotopic (exact) mass is 638 g/mol. The molecule has 0 spiro atoms. The second-order valence-electron chi connectivity index (χ2n) is 13.0. The van der Waals surface area contributed by atoms with Gasteiger partial charge in [-0.05, 0) is 45.4 Å². The van der Waals surface area contributed by atoms with Gasteiger partial charge in [0.1, 0.15) is 24.2 Å². The van der Waals surface area contributed by atoms with Crippen LogP contribution in [0.25, 0.3) is 0 Å². The van der Waals surface area contributed by atoms with Crippen molar-refractivity contribution in [2.45, 2.75) is 111 Å². The van der Waals surface area contributed by atoms with Gasteiger partial charge in [-0.1, -0.05) is 40.7 Å². The molecule has 0 unspecified atom stereocenters. The molecule has 0 heterocycles. The molecule has 0 aliphatic rings. The Hall–Kier alpha value is -3.48. The first-order valence-corrected chi connectivity index (χ1v) is 15.6. The van der Waals surface area contributed by atoms with Crippen LogP contribution >= 0.6 is 0 Å². The number of carbonyl (C=O) groups excluding carboxylic acids is 6. The number of hydrogen-bond donors (Lipinski definition) is 3. The van der Waals surface area contributed by atoms with Crippen molar-refractivity contribution < 1.29 is 33.5 Å². The average Bonchev–Trinajstić information content (AvgIpc) is 2.94. The smallest absolute Gasteiger partial charge is 0.245 e. The quantitative estimate of drug-likeness (QED) is 0.169. The van der Waals surface area contributed by atoms with Crippen LogP contribution in [0.1, 0.15) is 81.1 Å². The Kier molecular flexibility index (Phi) is 17.6. The lowest BCUT2D eigenvalue weighted by molar-refractivity contribution is -0.147. The third-order valence-electron chi connectivity index (χ3n) is 7.53. The number of nitrogens with two attached hydrogens (primary N) is 1. The van der Waals surface area contributed by atoms with Crippen molar-refractivity contribution in [1.82, 2.24) is 25.3 Å². The molecule has 0 aliphatic carbocycles. The van der Waals surface area contributed by atoms with Gasteiger partial charge >= 0.3 is 0 Å². The van der Waals surface area contributed by atoms with E-state index in [0.717, 1.165) is 0 Å². The fourth-order valence-electron chi connectivity index (χ4n) is 4.60. The Morgan fingerprint density at radius 2 is 1.44 bits per heavy atom. The number of hydrogen-bond acceptors (Lipinski definition) is 7. The number of nitrogens with zero attached hydrogens (tertiary/aromatic N) is 3. The number of primary amides is 1. The summed E-state index contributed by atoms with van der Waals surface area (Å²) in [6.07, 6.45) is 2.90. The highest BCUT2D eigenvalue weighted by atomic mass is 16.5. The maximum Gasteiger partial charge on any atom is 0.245 e. The Bertz CT molecular complexity index is 1050. The first-order chi connectivity index (χ1) is 20.7. The molecule has 0 saturated heterocycles.